The van der Waals surface area contributed by atoms with E-state index in [1.165, 1.54) is 0 Å². The Balaban J connectivity index is 2.00. The summed E-state index contributed by atoms with van der Waals surface area (Å²) in [6, 6.07) is 7.65. The number of hydrogen-bond donors (Lipinski definition) is 2. The van der Waals surface area contributed by atoms with Gasteiger partial charge in [-0.2, -0.15) is 0 Å². The highest BCUT2D eigenvalue weighted by molar-refractivity contribution is 5.89. The molecule has 20 heavy (non-hydrogen) atoms. The molecule has 2 amide bonds. The molecule has 0 bridgehead atoms. The summed E-state index contributed by atoms with van der Waals surface area (Å²) in [6.45, 7) is 4.65. The quantitative estimate of drug-likeness (QED) is 0.888. The van der Waals surface area contributed by atoms with Gasteiger partial charge in [0.1, 0.15) is 5.75 Å². The summed E-state index contributed by atoms with van der Waals surface area (Å²) in [5.74, 6) is 0.741. The number of nitrogens with zero attached hydrogens (tertiary/aromatic N) is 1. The first-order chi connectivity index (χ1) is 9.74. The van der Waals surface area contributed by atoms with Gasteiger partial charge < -0.3 is 20.3 Å². The Bertz CT molecular complexity index is 444. The van der Waals surface area contributed by atoms with E-state index in [4.69, 9.17) is 4.74 Å². The van der Waals surface area contributed by atoms with Gasteiger partial charge in [-0.25, -0.2) is 4.79 Å². The third kappa shape index (κ3) is 3.63. The molecular weight excluding hydrogens is 254 g/mol. The lowest BCUT2D eigenvalue weighted by Crippen LogP contribution is -2.50. The average Bonchev–Trinajstić information content (AvgIpc) is 2.49. The number of ether oxygens (including phenoxy) is 1. The van der Waals surface area contributed by atoms with E-state index in [1.54, 1.807) is 7.11 Å². The Morgan fingerprint density at radius 3 is 3.05 bits per heavy atom. The number of carbonyl (C=O) groups is 1. The number of carbonyl (C=O) groups excluding carboxylic acids is 1. The summed E-state index contributed by atoms with van der Waals surface area (Å²) >= 11 is 0. The van der Waals surface area contributed by atoms with Crippen LogP contribution in [0.2, 0.25) is 0 Å². The molecule has 1 aromatic carbocycles. The SMILES string of the molecule is CCN(C(=O)Nc1cccc(OC)c1)C1CCCNC1. The van der Waals surface area contributed by atoms with Crippen molar-refractivity contribution in [1.82, 2.24) is 10.2 Å². The van der Waals surface area contributed by atoms with E-state index >= 15 is 0 Å². The predicted molar refractivity (Wildman–Crippen MR) is 80.3 cm³/mol. The summed E-state index contributed by atoms with van der Waals surface area (Å²) < 4.78 is 5.16. The fraction of sp³-hybridized carbons (Fsp3) is 0.533. The number of piperidine rings is 1. The lowest BCUT2D eigenvalue weighted by atomic mass is 10.1. The van der Waals surface area contributed by atoms with E-state index in [2.05, 4.69) is 10.6 Å². The highest BCUT2D eigenvalue weighted by atomic mass is 16.5. The largest absolute Gasteiger partial charge is 0.497 e. The van der Waals surface area contributed by atoms with E-state index in [0.29, 0.717) is 6.54 Å². The molecule has 110 valence electrons. The molecule has 0 aromatic heterocycles. The highest BCUT2D eigenvalue weighted by Gasteiger charge is 2.23. The number of likely N-dealkylation sites (N-methyl/N-ethyl adjacent to an activating group) is 1. The zero-order valence-electron chi connectivity index (χ0n) is 12.2. The molecule has 1 aliphatic rings. The lowest BCUT2D eigenvalue weighted by molar-refractivity contribution is 0.177. The fourth-order valence-corrected chi connectivity index (χ4v) is 2.56. The molecule has 2 N–H and O–H groups in total. The number of urea groups is 1. The van der Waals surface area contributed by atoms with Crippen LogP contribution >= 0.6 is 0 Å². The molecule has 1 saturated heterocycles. The van der Waals surface area contributed by atoms with Crippen LogP contribution in [0.5, 0.6) is 5.75 Å². The second-order valence-corrected chi connectivity index (χ2v) is 4.95. The maximum atomic E-state index is 12.4. The van der Waals surface area contributed by atoms with Crippen LogP contribution in [0.15, 0.2) is 24.3 Å². The van der Waals surface area contributed by atoms with Crippen LogP contribution in [0.25, 0.3) is 0 Å². The minimum Gasteiger partial charge on any atom is -0.497 e. The zero-order valence-corrected chi connectivity index (χ0v) is 12.2. The molecule has 0 spiro atoms. The highest BCUT2D eigenvalue weighted by Crippen LogP contribution is 2.18. The van der Waals surface area contributed by atoms with E-state index < -0.39 is 0 Å². The third-order valence-electron chi connectivity index (χ3n) is 3.63. The Morgan fingerprint density at radius 1 is 1.55 bits per heavy atom. The van der Waals surface area contributed by atoms with Gasteiger partial charge in [0.05, 0.1) is 7.11 Å². The van der Waals surface area contributed by atoms with Crippen LogP contribution in [0, 0.1) is 0 Å². The fourth-order valence-electron chi connectivity index (χ4n) is 2.56. The van der Waals surface area contributed by atoms with Crippen molar-refractivity contribution >= 4 is 11.7 Å². The molecule has 1 aliphatic heterocycles. The molecule has 1 fully saturated rings. The lowest BCUT2D eigenvalue weighted by Gasteiger charge is -2.33. The predicted octanol–water partition coefficient (Wildman–Crippen LogP) is 2.30. The number of methoxy groups -OCH3 is 1. The van der Waals surface area contributed by atoms with Gasteiger partial charge in [0.15, 0.2) is 0 Å². The zero-order chi connectivity index (χ0) is 14.4. The molecule has 2 rings (SSSR count). The van der Waals surface area contributed by atoms with Crippen molar-refractivity contribution in [1.29, 1.82) is 0 Å². The summed E-state index contributed by atoms with van der Waals surface area (Å²) in [7, 11) is 1.62. The van der Waals surface area contributed by atoms with Crippen LogP contribution in [-0.2, 0) is 0 Å². The molecule has 5 heteroatoms. The summed E-state index contributed by atoms with van der Waals surface area (Å²) in [6.07, 6.45) is 2.18. The number of rotatable bonds is 4. The second-order valence-electron chi connectivity index (χ2n) is 4.95. The Kier molecular flexibility index (Phi) is 5.24. The number of hydrogen-bond acceptors (Lipinski definition) is 3. The summed E-state index contributed by atoms with van der Waals surface area (Å²) in [5.41, 5.74) is 0.761. The van der Waals surface area contributed by atoms with Crippen molar-refractivity contribution in [3.8, 4) is 5.75 Å². The maximum absolute atomic E-state index is 12.4. The molecule has 1 atom stereocenters. The van der Waals surface area contributed by atoms with Gasteiger partial charge in [-0.3, -0.25) is 0 Å². The number of nitrogens with one attached hydrogen (secondary N) is 2. The van der Waals surface area contributed by atoms with Crippen molar-refractivity contribution in [3.05, 3.63) is 24.3 Å². The summed E-state index contributed by atoms with van der Waals surface area (Å²) in [4.78, 5) is 14.3. The Morgan fingerprint density at radius 2 is 2.40 bits per heavy atom. The van der Waals surface area contributed by atoms with E-state index in [1.807, 2.05) is 36.1 Å². The van der Waals surface area contributed by atoms with Crippen LogP contribution in [-0.4, -0.2) is 43.7 Å². The van der Waals surface area contributed by atoms with Crippen LogP contribution < -0.4 is 15.4 Å². The topological polar surface area (TPSA) is 53.6 Å². The van der Waals surface area contributed by atoms with Gasteiger partial charge >= 0.3 is 6.03 Å². The van der Waals surface area contributed by atoms with Gasteiger partial charge in [0.25, 0.3) is 0 Å². The van der Waals surface area contributed by atoms with Gasteiger partial charge in [0.2, 0.25) is 0 Å². The molecular formula is C15H23N3O2. The molecule has 0 aliphatic carbocycles. The van der Waals surface area contributed by atoms with Crippen LogP contribution in [0.1, 0.15) is 19.8 Å². The second kappa shape index (κ2) is 7.14. The van der Waals surface area contributed by atoms with Gasteiger partial charge in [-0.05, 0) is 38.4 Å². The third-order valence-corrected chi connectivity index (χ3v) is 3.63. The van der Waals surface area contributed by atoms with Crippen LogP contribution in [0.4, 0.5) is 10.5 Å². The Hall–Kier alpha value is -1.75. The van der Waals surface area contributed by atoms with Gasteiger partial charge in [-0.1, -0.05) is 6.07 Å². The first kappa shape index (κ1) is 14.7. The van der Waals surface area contributed by atoms with Gasteiger partial charge in [-0.15, -0.1) is 0 Å². The molecule has 0 saturated carbocycles. The smallest absolute Gasteiger partial charge is 0.322 e. The van der Waals surface area contributed by atoms with Crippen LogP contribution in [0.3, 0.4) is 0 Å². The first-order valence-corrected chi connectivity index (χ1v) is 7.17. The minimum atomic E-state index is -0.0468. The molecule has 1 heterocycles. The van der Waals surface area contributed by atoms with Crippen molar-refractivity contribution in [3.63, 3.8) is 0 Å². The molecule has 1 unspecified atom stereocenters. The number of amides is 2. The maximum Gasteiger partial charge on any atom is 0.322 e. The number of benzene rings is 1. The Labute approximate surface area is 120 Å². The molecule has 0 radical (unpaired) electrons. The monoisotopic (exact) mass is 277 g/mol. The molecule has 1 aromatic rings. The van der Waals surface area contributed by atoms with Crippen molar-refractivity contribution in [2.24, 2.45) is 0 Å². The first-order valence-electron chi connectivity index (χ1n) is 7.17. The van der Waals surface area contributed by atoms with Crippen molar-refractivity contribution in [2.45, 2.75) is 25.8 Å². The number of anilines is 1. The van der Waals surface area contributed by atoms with E-state index in [0.717, 1.165) is 37.4 Å². The van der Waals surface area contributed by atoms with Crippen molar-refractivity contribution < 1.29 is 9.53 Å². The van der Waals surface area contributed by atoms with Gasteiger partial charge in [0, 0.05) is 30.9 Å². The summed E-state index contributed by atoms with van der Waals surface area (Å²) in [5, 5.41) is 6.29. The standard InChI is InChI=1S/C15H23N3O2/c1-3-18(13-7-5-9-16-11-13)15(19)17-12-6-4-8-14(10-12)20-2/h4,6,8,10,13,16H,3,5,7,9,11H2,1-2H3,(H,17,19). The molecule has 5 nitrogen and oxygen atoms in total. The van der Waals surface area contributed by atoms with Crippen molar-refractivity contribution in [2.75, 3.05) is 32.1 Å². The minimum absolute atomic E-state index is 0.0468. The van der Waals surface area contributed by atoms with E-state index in [-0.39, 0.29) is 12.1 Å². The van der Waals surface area contributed by atoms with E-state index in [9.17, 15) is 4.79 Å². The average molecular weight is 277 g/mol. The normalized spacial score (nSPS) is 18.4.